The summed E-state index contributed by atoms with van der Waals surface area (Å²) in [5.74, 6) is -0.191. The number of nitrogens with one attached hydrogen (secondary N) is 1. The number of fused-ring (bicyclic) bond motifs is 1. The Morgan fingerprint density at radius 3 is 3.00 bits per heavy atom. The van der Waals surface area contributed by atoms with Gasteiger partial charge < -0.3 is 0 Å². The van der Waals surface area contributed by atoms with Crippen LogP contribution in [0.2, 0.25) is 0 Å². The Hall–Kier alpha value is -1.16. The van der Waals surface area contributed by atoms with Gasteiger partial charge in [-0.1, -0.05) is 20.4 Å². The molecule has 0 unspecified atom stereocenters. The molecule has 2 rings (SSSR count). The van der Waals surface area contributed by atoms with Crippen LogP contribution in [0.5, 0.6) is 0 Å². The maximum Gasteiger partial charge on any atom is 0.249 e. The molecule has 0 spiro atoms. The van der Waals surface area contributed by atoms with E-state index in [-0.39, 0.29) is 11.3 Å². The van der Waals surface area contributed by atoms with Crippen LogP contribution in [0.3, 0.4) is 0 Å². The van der Waals surface area contributed by atoms with Crippen LogP contribution >= 0.6 is 11.3 Å². The van der Waals surface area contributed by atoms with Crippen LogP contribution < -0.4 is 5.32 Å². The van der Waals surface area contributed by atoms with E-state index in [1.165, 1.54) is 23.8 Å². The summed E-state index contributed by atoms with van der Waals surface area (Å²) in [4.78, 5) is 17.0. The molecule has 0 atom stereocenters. The van der Waals surface area contributed by atoms with E-state index in [0.29, 0.717) is 5.13 Å². The first-order chi connectivity index (χ1) is 7.53. The van der Waals surface area contributed by atoms with Crippen molar-refractivity contribution in [3.8, 4) is 0 Å². The predicted octanol–water partition coefficient (Wildman–Crippen LogP) is 2.88. The Morgan fingerprint density at radius 2 is 2.38 bits per heavy atom. The third-order valence-corrected chi connectivity index (χ3v) is 3.99. The SMILES string of the molecule is C=CC(=O)Nc1nc2c(s1)CCCC2(C)C. The normalized spacial score (nSPS) is 17.6. The maximum absolute atomic E-state index is 11.2. The van der Waals surface area contributed by atoms with Crippen molar-refractivity contribution in [2.45, 2.75) is 38.5 Å². The molecule has 1 aromatic heterocycles. The summed E-state index contributed by atoms with van der Waals surface area (Å²) < 4.78 is 0. The fourth-order valence-electron chi connectivity index (χ4n) is 2.07. The zero-order chi connectivity index (χ0) is 11.8. The van der Waals surface area contributed by atoms with Crippen molar-refractivity contribution in [2.75, 3.05) is 5.32 Å². The van der Waals surface area contributed by atoms with Gasteiger partial charge in [-0.25, -0.2) is 4.98 Å². The highest BCUT2D eigenvalue weighted by molar-refractivity contribution is 7.15. The summed E-state index contributed by atoms with van der Waals surface area (Å²) in [5, 5.41) is 3.44. The van der Waals surface area contributed by atoms with E-state index in [1.807, 2.05) is 0 Å². The van der Waals surface area contributed by atoms with Crippen molar-refractivity contribution in [2.24, 2.45) is 0 Å². The summed E-state index contributed by atoms with van der Waals surface area (Å²) >= 11 is 1.59. The summed E-state index contributed by atoms with van der Waals surface area (Å²) in [6.45, 7) is 7.86. The van der Waals surface area contributed by atoms with Gasteiger partial charge >= 0.3 is 0 Å². The van der Waals surface area contributed by atoms with Crippen LogP contribution in [0.25, 0.3) is 0 Å². The number of anilines is 1. The van der Waals surface area contributed by atoms with Crippen LogP contribution in [0.4, 0.5) is 5.13 Å². The first kappa shape index (κ1) is 11.3. The van der Waals surface area contributed by atoms with E-state index < -0.39 is 0 Å². The van der Waals surface area contributed by atoms with Crippen molar-refractivity contribution in [3.63, 3.8) is 0 Å². The lowest BCUT2D eigenvalue weighted by atomic mass is 9.79. The number of amides is 1. The van der Waals surface area contributed by atoms with E-state index in [0.717, 1.165) is 12.1 Å². The van der Waals surface area contributed by atoms with Crippen molar-refractivity contribution in [3.05, 3.63) is 23.2 Å². The van der Waals surface area contributed by atoms with Crippen LogP contribution in [-0.4, -0.2) is 10.9 Å². The average molecular weight is 236 g/mol. The van der Waals surface area contributed by atoms with E-state index >= 15 is 0 Å². The van der Waals surface area contributed by atoms with E-state index in [1.54, 1.807) is 11.3 Å². The van der Waals surface area contributed by atoms with E-state index in [9.17, 15) is 4.79 Å². The molecular weight excluding hydrogens is 220 g/mol. The van der Waals surface area contributed by atoms with Gasteiger partial charge in [0.2, 0.25) is 5.91 Å². The fraction of sp³-hybridized carbons (Fsp3) is 0.500. The molecule has 1 amide bonds. The van der Waals surface area contributed by atoms with Crippen LogP contribution in [0.15, 0.2) is 12.7 Å². The summed E-state index contributed by atoms with van der Waals surface area (Å²) in [7, 11) is 0. The van der Waals surface area contributed by atoms with Gasteiger partial charge in [-0.3, -0.25) is 10.1 Å². The smallest absolute Gasteiger partial charge is 0.249 e. The summed E-state index contributed by atoms with van der Waals surface area (Å²) in [6, 6.07) is 0. The van der Waals surface area contributed by atoms with Gasteiger partial charge in [0.25, 0.3) is 0 Å². The second-order valence-corrected chi connectivity index (χ2v) is 5.81. The molecule has 86 valence electrons. The molecule has 16 heavy (non-hydrogen) atoms. The van der Waals surface area contributed by atoms with Gasteiger partial charge in [-0.05, 0) is 25.3 Å². The zero-order valence-corrected chi connectivity index (χ0v) is 10.5. The summed E-state index contributed by atoms with van der Waals surface area (Å²) in [5.41, 5.74) is 1.30. The number of nitrogens with zero attached hydrogens (tertiary/aromatic N) is 1. The Bertz CT molecular complexity index is 434. The minimum Gasteiger partial charge on any atom is -0.298 e. The van der Waals surface area contributed by atoms with Crippen molar-refractivity contribution in [1.82, 2.24) is 4.98 Å². The standard InChI is InChI=1S/C12H16N2OS/c1-4-9(15)13-11-14-10-8(16-11)6-5-7-12(10,2)3/h4H,1,5-7H2,2-3H3,(H,13,14,15). The lowest BCUT2D eigenvalue weighted by molar-refractivity contribution is -0.111. The molecule has 1 aliphatic carbocycles. The molecule has 0 fully saturated rings. The molecule has 1 heterocycles. The Kier molecular flexibility index (Phi) is 2.84. The Labute approximate surface area is 99.6 Å². The molecule has 0 saturated heterocycles. The van der Waals surface area contributed by atoms with Crippen molar-refractivity contribution in [1.29, 1.82) is 0 Å². The Morgan fingerprint density at radius 1 is 1.62 bits per heavy atom. The van der Waals surface area contributed by atoms with E-state index in [4.69, 9.17) is 0 Å². The maximum atomic E-state index is 11.2. The highest BCUT2D eigenvalue weighted by Crippen LogP contribution is 2.40. The monoisotopic (exact) mass is 236 g/mol. The van der Waals surface area contributed by atoms with Gasteiger partial charge in [-0.2, -0.15) is 0 Å². The van der Waals surface area contributed by atoms with Crippen LogP contribution in [0.1, 0.15) is 37.3 Å². The third-order valence-electron chi connectivity index (χ3n) is 2.96. The highest BCUT2D eigenvalue weighted by atomic mass is 32.1. The fourth-order valence-corrected chi connectivity index (χ4v) is 3.26. The molecule has 3 nitrogen and oxygen atoms in total. The topological polar surface area (TPSA) is 42.0 Å². The molecule has 0 saturated carbocycles. The third kappa shape index (κ3) is 2.02. The molecule has 1 aliphatic rings. The predicted molar refractivity (Wildman–Crippen MR) is 66.9 cm³/mol. The highest BCUT2D eigenvalue weighted by Gasteiger charge is 2.31. The first-order valence-electron chi connectivity index (χ1n) is 5.46. The number of carbonyl (C=O) groups excluding carboxylic acids is 1. The quantitative estimate of drug-likeness (QED) is 0.802. The minimum absolute atomic E-state index is 0.140. The number of aryl methyl sites for hydroxylation is 1. The number of carbonyl (C=O) groups is 1. The number of hydrogen-bond acceptors (Lipinski definition) is 3. The molecule has 0 aromatic carbocycles. The van der Waals surface area contributed by atoms with E-state index in [2.05, 4.69) is 30.7 Å². The largest absolute Gasteiger partial charge is 0.298 e. The number of hydrogen-bond donors (Lipinski definition) is 1. The molecule has 0 radical (unpaired) electrons. The second-order valence-electron chi connectivity index (χ2n) is 4.72. The molecule has 0 aliphatic heterocycles. The molecule has 1 aromatic rings. The molecule has 1 N–H and O–H groups in total. The van der Waals surface area contributed by atoms with Gasteiger partial charge in [0.15, 0.2) is 5.13 Å². The van der Waals surface area contributed by atoms with Gasteiger partial charge in [-0.15, -0.1) is 11.3 Å². The van der Waals surface area contributed by atoms with Crippen LogP contribution in [-0.2, 0) is 16.6 Å². The van der Waals surface area contributed by atoms with Gasteiger partial charge in [0.05, 0.1) is 5.69 Å². The number of rotatable bonds is 2. The van der Waals surface area contributed by atoms with Gasteiger partial charge in [0.1, 0.15) is 0 Å². The lowest BCUT2D eigenvalue weighted by Crippen LogP contribution is -2.23. The summed E-state index contributed by atoms with van der Waals surface area (Å²) in [6.07, 6.45) is 4.72. The molecule has 4 heteroatoms. The second kappa shape index (κ2) is 4.01. The van der Waals surface area contributed by atoms with Crippen molar-refractivity contribution < 1.29 is 4.79 Å². The minimum atomic E-state index is -0.191. The van der Waals surface area contributed by atoms with Gasteiger partial charge in [0, 0.05) is 10.3 Å². The Balaban J connectivity index is 2.29. The number of aromatic nitrogens is 1. The lowest BCUT2D eigenvalue weighted by Gasteiger charge is -2.27. The first-order valence-corrected chi connectivity index (χ1v) is 6.28. The molecule has 0 bridgehead atoms. The average Bonchev–Trinajstić information content (AvgIpc) is 2.61. The zero-order valence-electron chi connectivity index (χ0n) is 9.67. The molecular formula is C12H16N2OS. The van der Waals surface area contributed by atoms with Crippen molar-refractivity contribution >= 4 is 22.4 Å². The number of thiazole rings is 1. The van der Waals surface area contributed by atoms with Crippen LogP contribution in [0, 0.1) is 0 Å².